The lowest BCUT2D eigenvalue weighted by atomic mass is 10.1. The zero-order valence-corrected chi connectivity index (χ0v) is 16.6. The van der Waals surface area contributed by atoms with E-state index in [4.69, 9.17) is 21.5 Å². The molecular formula is C23H19ClN2O4. The minimum Gasteiger partial charge on any atom is -0.489 e. The molecule has 0 heterocycles. The first-order valence-electron chi connectivity index (χ1n) is 9.04. The summed E-state index contributed by atoms with van der Waals surface area (Å²) in [7, 11) is 0. The lowest BCUT2D eigenvalue weighted by molar-refractivity contribution is -0.124. The van der Waals surface area contributed by atoms with Crippen molar-refractivity contribution in [3.63, 3.8) is 0 Å². The highest BCUT2D eigenvalue weighted by atomic mass is 35.5. The van der Waals surface area contributed by atoms with Gasteiger partial charge in [0.25, 0.3) is 11.8 Å². The second-order valence-electron chi connectivity index (χ2n) is 6.33. The second kappa shape index (κ2) is 10.2. The molecule has 0 atom stereocenters. The van der Waals surface area contributed by atoms with Crippen LogP contribution in [0, 0.1) is 0 Å². The van der Waals surface area contributed by atoms with Gasteiger partial charge in [0, 0.05) is 22.3 Å². The normalized spacial score (nSPS) is 10.6. The number of carbonyl (C=O) groups excluding carboxylic acids is 2. The highest BCUT2D eigenvalue weighted by Gasteiger charge is 2.06. The van der Waals surface area contributed by atoms with E-state index >= 15 is 0 Å². The van der Waals surface area contributed by atoms with E-state index in [1.54, 1.807) is 54.6 Å². The van der Waals surface area contributed by atoms with E-state index in [9.17, 15) is 9.59 Å². The summed E-state index contributed by atoms with van der Waals surface area (Å²) in [6.07, 6.45) is 2.83. The summed E-state index contributed by atoms with van der Waals surface area (Å²) < 4.78 is 5.76. The zero-order chi connectivity index (χ0) is 21.3. The summed E-state index contributed by atoms with van der Waals surface area (Å²) in [5.41, 5.74) is 4.50. The second-order valence-corrected chi connectivity index (χ2v) is 6.76. The summed E-state index contributed by atoms with van der Waals surface area (Å²) in [5, 5.41) is 11.9. The van der Waals surface area contributed by atoms with Crippen LogP contribution in [0.25, 0.3) is 6.08 Å². The fraction of sp³-hybridized carbons (Fsp3) is 0.0435. The fourth-order valence-electron chi connectivity index (χ4n) is 2.54. The van der Waals surface area contributed by atoms with Gasteiger partial charge in [-0.3, -0.25) is 14.8 Å². The molecule has 3 rings (SSSR count). The first-order valence-corrected chi connectivity index (χ1v) is 9.42. The standard InChI is InChI=1S/C23H19ClN2O4/c24-19-8-6-18(7-9-19)23(28)25-20-10-12-21(13-11-20)30-15-17-3-1-16(2-4-17)5-14-22(27)26-29/h1-14,29H,15H2,(H,25,28)(H,26,27)/b14-5+. The maximum absolute atomic E-state index is 12.2. The largest absolute Gasteiger partial charge is 0.489 e. The van der Waals surface area contributed by atoms with E-state index in [0.717, 1.165) is 11.1 Å². The fourth-order valence-corrected chi connectivity index (χ4v) is 2.67. The Labute approximate surface area is 178 Å². The monoisotopic (exact) mass is 422 g/mol. The number of hydrogen-bond acceptors (Lipinski definition) is 4. The van der Waals surface area contributed by atoms with Crippen molar-refractivity contribution in [3.8, 4) is 5.75 Å². The highest BCUT2D eigenvalue weighted by molar-refractivity contribution is 6.30. The average Bonchev–Trinajstić information content (AvgIpc) is 2.78. The number of anilines is 1. The molecule has 0 aromatic heterocycles. The van der Waals surface area contributed by atoms with Crippen LogP contribution in [0.4, 0.5) is 5.69 Å². The Balaban J connectivity index is 1.52. The van der Waals surface area contributed by atoms with Crippen LogP contribution in [-0.2, 0) is 11.4 Å². The van der Waals surface area contributed by atoms with Crippen molar-refractivity contribution in [2.24, 2.45) is 0 Å². The molecule has 152 valence electrons. The first kappa shape index (κ1) is 21.1. The predicted octanol–water partition coefficient (Wildman–Crippen LogP) is 4.69. The van der Waals surface area contributed by atoms with Gasteiger partial charge in [-0.2, -0.15) is 0 Å². The molecule has 0 unspecified atom stereocenters. The molecule has 7 heteroatoms. The summed E-state index contributed by atoms with van der Waals surface area (Å²) in [6, 6.07) is 21.2. The number of benzene rings is 3. The van der Waals surface area contributed by atoms with E-state index < -0.39 is 5.91 Å². The Morgan fingerprint density at radius 3 is 2.23 bits per heavy atom. The van der Waals surface area contributed by atoms with Crippen LogP contribution in [0.5, 0.6) is 5.75 Å². The number of ether oxygens (including phenoxy) is 1. The molecule has 0 aliphatic rings. The third-order valence-corrected chi connectivity index (χ3v) is 4.39. The maximum Gasteiger partial charge on any atom is 0.267 e. The van der Waals surface area contributed by atoms with Crippen LogP contribution >= 0.6 is 11.6 Å². The molecule has 0 saturated heterocycles. The predicted molar refractivity (Wildman–Crippen MR) is 116 cm³/mol. The molecule has 0 saturated carbocycles. The summed E-state index contributed by atoms with van der Waals surface area (Å²) in [4.78, 5) is 23.2. The summed E-state index contributed by atoms with van der Waals surface area (Å²) in [6.45, 7) is 0.373. The summed E-state index contributed by atoms with van der Waals surface area (Å²) >= 11 is 5.84. The van der Waals surface area contributed by atoms with Crippen LogP contribution in [0.3, 0.4) is 0 Å². The van der Waals surface area contributed by atoms with Crippen molar-refractivity contribution in [2.75, 3.05) is 5.32 Å². The highest BCUT2D eigenvalue weighted by Crippen LogP contribution is 2.19. The molecule has 0 bridgehead atoms. The third-order valence-electron chi connectivity index (χ3n) is 4.14. The molecule has 0 spiro atoms. The van der Waals surface area contributed by atoms with Gasteiger partial charge in [0.05, 0.1) is 0 Å². The minimum atomic E-state index is -0.588. The van der Waals surface area contributed by atoms with Gasteiger partial charge < -0.3 is 10.1 Å². The maximum atomic E-state index is 12.2. The van der Waals surface area contributed by atoms with E-state index in [1.807, 2.05) is 24.3 Å². The van der Waals surface area contributed by atoms with Crippen molar-refractivity contribution in [2.45, 2.75) is 6.61 Å². The Bertz CT molecular complexity index is 1030. The Kier molecular flexibility index (Phi) is 7.21. The molecule has 2 amide bonds. The summed E-state index contributed by atoms with van der Waals surface area (Å²) in [5.74, 6) is -0.135. The molecule has 0 radical (unpaired) electrons. The van der Waals surface area contributed by atoms with Crippen molar-refractivity contribution in [1.82, 2.24) is 5.48 Å². The average molecular weight is 423 g/mol. The van der Waals surface area contributed by atoms with Crippen molar-refractivity contribution in [3.05, 3.63) is 101 Å². The number of hydrogen-bond donors (Lipinski definition) is 3. The zero-order valence-electron chi connectivity index (χ0n) is 15.8. The van der Waals surface area contributed by atoms with E-state index in [0.29, 0.717) is 28.6 Å². The topological polar surface area (TPSA) is 87.7 Å². The number of nitrogens with one attached hydrogen (secondary N) is 2. The Hall–Kier alpha value is -3.61. The van der Waals surface area contributed by atoms with Crippen molar-refractivity contribution >= 4 is 35.2 Å². The van der Waals surface area contributed by atoms with Gasteiger partial charge in [0.1, 0.15) is 12.4 Å². The molecule has 0 aliphatic heterocycles. The van der Waals surface area contributed by atoms with Crippen LogP contribution < -0.4 is 15.5 Å². The lowest BCUT2D eigenvalue weighted by Crippen LogP contribution is -2.14. The van der Waals surface area contributed by atoms with Crippen molar-refractivity contribution in [1.29, 1.82) is 0 Å². The SMILES string of the molecule is O=C(/C=C/c1ccc(COc2ccc(NC(=O)c3ccc(Cl)cc3)cc2)cc1)NO. The van der Waals surface area contributed by atoms with Gasteiger partial charge in [0.15, 0.2) is 0 Å². The third kappa shape index (κ3) is 6.20. The van der Waals surface area contributed by atoms with Gasteiger partial charge in [-0.25, -0.2) is 5.48 Å². The minimum absolute atomic E-state index is 0.217. The number of carbonyl (C=O) groups is 2. The molecule has 3 aromatic rings. The molecule has 6 nitrogen and oxygen atoms in total. The van der Waals surface area contributed by atoms with Gasteiger partial charge in [-0.15, -0.1) is 0 Å². The van der Waals surface area contributed by atoms with Crippen molar-refractivity contribution < 1.29 is 19.5 Å². The molecule has 3 N–H and O–H groups in total. The number of hydroxylamine groups is 1. The van der Waals surface area contributed by atoms with Crippen LogP contribution in [-0.4, -0.2) is 17.0 Å². The van der Waals surface area contributed by atoms with Gasteiger partial charge in [0.2, 0.25) is 0 Å². The molecule has 0 fully saturated rings. The molecular weight excluding hydrogens is 404 g/mol. The van der Waals surface area contributed by atoms with Gasteiger partial charge in [-0.05, 0) is 65.7 Å². The van der Waals surface area contributed by atoms with Crippen LogP contribution in [0.2, 0.25) is 5.02 Å². The number of halogens is 1. The van der Waals surface area contributed by atoms with Crippen LogP contribution in [0.15, 0.2) is 78.9 Å². The van der Waals surface area contributed by atoms with E-state index in [2.05, 4.69) is 5.32 Å². The molecule has 3 aromatic carbocycles. The Morgan fingerprint density at radius 2 is 1.60 bits per heavy atom. The quantitative estimate of drug-likeness (QED) is 0.293. The number of rotatable bonds is 7. The smallest absolute Gasteiger partial charge is 0.267 e. The van der Waals surface area contributed by atoms with E-state index in [1.165, 1.54) is 11.6 Å². The Morgan fingerprint density at radius 1 is 0.933 bits per heavy atom. The lowest BCUT2D eigenvalue weighted by Gasteiger charge is -2.09. The molecule has 30 heavy (non-hydrogen) atoms. The molecule has 0 aliphatic carbocycles. The van der Waals surface area contributed by atoms with E-state index in [-0.39, 0.29) is 5.91 Å². The van der Waals surface area contributed by atoms with Crippen LogP contribution in [0.1, 0.15) is 21.5 Å². The number of amides is 2. The first-order chi connectivity index (χ1) is 14.5. The van der Waals surface area contributed by atoms with Gasteiger partial charge >= 0.3 is 0 Å². The van der Waals surface area contributed by atoms with Gasteiger partial charge in [-0.1, -0.05) is 35.9 Å².